The van der Waals surface area contributed by atoms with Crippen molar-refractivity contribution in [3.63, 3.8) is 0 Å². The Kier molecular flexibility index (Phi) is 4.58. The summed E-state index contributed by atoms with van der Waals surface area (Å²) in [5.74, 6) is -0.390. The van der Waals surface area contributed by atoms with Crippen LogP contribution in [0.2, 0.25) is 0 Å². The third kappa shape index (κ3) is 4.59. The summed E-state index contributed by atoms with van der Waals surface area (Å²) in [6, 6.07) is 0. The second-order valence-electron chi connectivity index (χ2n) is 2.37. The van der Waals surface area contributed by atoms with Gasteiger partial charge in [-0.2, -0.15) is 0 Å². The van der Waals surface area contributed by atoms with Crippen LogP contribution in [0.3, 0.4) is 0 Å². The molecule has 0 rings (SSSR count). The van der Waals surface area contributed by atoms with E-state index < -0.39 is 5.81 Å². The van der Waals surface area contributed by atoms with Gasteiger partial charge in [-0.15, -0.1) is 0 Å². The molecule has 0 unspecified atom stereocenters. The van der Waals surface area contributed by atoms with Crippen LogP contribution in [0.4, 0.5) is 4.79 Å². The summed E-state index contributed by atoms with van der Waals surface area (Å²) in [7, 11) is 5.01. The lowest BCUT2D eigenvalue weighted by Gasteiger charge is -2.18. The van der Waals surface area contributed by atoms with Crippen LogP contribution < -0.4 is 0 Å². The number of Topliss-reactive ketones (excluding diaryl/α,β-unsaturated/α-hetero) is 1. The topological polar surface area (TPSA) is 37.4 Å². The Morgan fingerprint density at radius 3 is 2.27 bits per heavy atom. The molecule has 60 valence electrons. The fourth-order valence-electron chi connectivity index (χ4n) is 0.717. The van der Waals surface area contributed by atoms with Crippen LogP contribution in [-0.4, -0.2) is 37.4 Å². The highest BCUT2D eigenvalue weighted by Gasteiger charge is 2.05. The molecule has 0 N–H and O–H groups in total. The number of nitrogens with zero attached hydrogens (tertiary/aromatic N) is 1. The first kappa shape index (κ1) is 10.2. The van der Waals surface area contributed by atoms with Crippen molar-refractivity contribution in [2.24, 2.45) is 0 Å². The molecular formula is C7H12BNO2. The van der Waals surface area contributed by atoms with Crippen LogP contribution in [-0.2, 0) is 4.79 Å². The van der Waals surface area contributed by atoms with Gasteiger partial charge in [0, 0.05) is 19.5 Å². The first-order valence-corrected chi connectivity index (χ1v) is 3.61. The van der Waals surface area contributed by atoms with Crippen LogP contribution in [0.5, 0.6) is 0 Å². The van der Waals surface area contributed by atoms with E-state index in [0.717, 1.165) is 0 Å². The molecule has 0 aliphatic rings. The van der Waals surface area contributed by atoms with Gasteiger partial charge in [-0.1, -0.05) is 0 Å². The van der Waals surface area contributed by atoms with Crippen molar-refractivity contribution in [1.82, 2.24) is 4.90 Å². The number of carbonyl (C=O) groups excluding carboxylic acids is 2. The van der Waals surface area contributed by atoms with E-state index in [1.165, 1.54) is 11.8 Å². The van der Waals surface area contributed by atoms with E-state index >= 15 is 0 Å². The normalized spacial score (nSPS) is 9.27. The number of carbonyl (C=O) groups is 2. The van der Waals surface area contributed by atoms with Crippen molar-refractivity contribution in [1.29, 1.82) is 0 Å². The van der Waals surface area contributed by atoms with Gasteiger partial charge in [-0.05, 0) is 13.8 Å². The molecule has 4 heteroatoms. The average molecular weight is 153 g/mol. The fraction of sp³-hybridized carbons (Fsp3) is 0.714. The van der Waals surface area contributed by atoms with Crippen molar-refractivity contribution >= 4 is 19.4 Å². The predicted octanol–water partition coefficient (Wildman–Crippen LogP) is 0.576. The van der Waals surface area contributed by atoms with Crippen LogP contribution in [0.15, 0.2) is 0 Å². The third-order valence-corrected chi connectivity index (χ3v) is 1.43. The van der Waals surface area contributed by atoms with Gasteiger partial charge in [0.15, 0.2) is 5.81 Å². The van der Waals surface area contributed by atoms with Gasteiger partial charge in [0.2, 0.25) is 7.85 Å². The minimum absolute atomic E-state index is 0.0738. The zero-order valence-electron chi connectivity index (χ0n) is 6.96. The molecule has 0 spiro atoms. The van der Waals surface area contributed by atoms with E-state index in [-0.39, 0.29) is 5.78 Å². The van der Waals surface area contributed by atoms with Crippen molar-refractivity contribution in [2.45, 2.75) is 20.3 Å². The molecule has 0 aromatic heterocycles. The molecule has 2 radical (unpaired) electrons. The zero-order valence-corrected chi connectivity index (χ0v) is 6.96. The van der Waals surface area contributed by atoms with E-state index in [1.54, 1.807) is 0 Å². The standard InChI is InChI=1S/C7H12BNO2/c1-3-9(7(8)11)5-4-6(2)10/h3-5H2,1-2H3. The van der Waals surface area contributed by atoms with Gasteiger partial charge < -0.3 is 4.90 Å². The molecule has 0 atom stereocenters. The molecule has 0 saturated heterocycles. The first-order chi connectivity index (χ1) is 5.07. The molecule has 1 amide bonds. The molecule has 0 saturated carbocycles. The van der Waals surface area contributed by atoms with Gasteiger partial charge in [0.05, 0.1) is 0 Å². The number of amides is 1. The van der Waals surface area contributed by atoms with Gasteiger partial charge in [0.25, 0.3) is 0 Å². The minimum Gasteiger partial charge on any atom is -0.352 e. The molecule has 0 aromatic carbocycles. The summed E-state index contributed by atoms with van der Waals surface area (Å²) in [5, 5.41) is 0. The summed E-state index contributed by atoms with van der Waals surface area (Å²) < 4.78 is 0. The van der Waals surface area contributed by atoms with Gasteiger partial charge in [0.1, 0.15) is 5.78 Å². The molecule has 0 aliphatic heterocycles. The summed E-state index contributed by atoms with van der Waals surface area (Å²) in [6.45, 7) is 4.31. The van der Waals surface area contributed by atoms with Crippen LogP contribution >= 0.6 is 0 Å². The number of rotatable bonds is 4. The summed E-state index contributed by atoms with van der Waals surface area (Å²) in [5.41, 5.74) is 0. The fourth-order valence-corrected chi connectivity index (χ4v) is 0.717. The molecular weight excluding hydrogens is 141 g/mol. The highest BCUT2D eigenvalue weighted by atomic mass is 16.2. The minimum atomic E-state index is -0.464. The van der Waals surface area contributed by atoms with E-state index in [9.17, 15) is 9.59 Å². The largest absolute Gasteiger partial charge is 0.352 e. The van der Waals surface area contributed by atoms with Crippen molar-refractivity contribution in [2.75, 3.05) is 13.1 Å². The Bertz CT molecular complexity index is 159. The molecule has 0 aliphatic carbocycles. The Morgan fingerprint density at radius 1 is 1.45 bits per heavy atom. The Morgan fingerprint density at radius 2 is 2.00 bits per heavy atom. The SMILES string of the molecule is [B]C(=O)N(CC)CCC(C)=O. The third-order valence-electron chi connectivity index (χ3n) is 1.43. The smallest absolute Gasteiger partial charge is 0.200 e. The summed E-state index contributed by atoms with van der Waals surface area (Å²) in [4.78, 5) is 22.5. The van der Waals surface area contributed by atoms with Gasteiger partial charge in [-0.3, -0.25) is 9.59 Å². The maximum Gasteiger partial charge on any atom is 0.200 e. The highest BCUT2D eigenvalue weighted by Crippen LogP contribution is 1.92. The predicted molar refractivity (Wildman–Crippen MR) is 43.7 cm³/mol. The van der Waals surface area contributed by atoms with Crippen LogP contribution in [0.1, 0.15) is 20.3 Å². The molecule has 0 fully saturated rings. The van der Waals surface area contributed by atoms with E-state index in [0.29, 0.717) is 19.5 Å². The second-order valence-corrected chi connectivity index (χ2v) is 2.37. The van der Waals surface area contributed by atoms with Gasteiger partial charge >= 0.3 is 0 Å². The van der Waals surface area contributed by atoms with Crippen LogP contribution in [0, 0.1) is 0 Å². The molecule has 0 heterocycles. The zero-order chi connectivity index (χ0) is 8.85. The molecule has 3 nitrogen and oxygen atoms in total. The summed E-state index contributed by atoms with van der Waals surface area (Å²) >= 11 is 0. The average Bonchev–Trinajstić information content (AvgIpc) is 1.87. The summed E-state index contributed by atoms with van der Waals surface area (Å²) in [6.07, 6.45) is 0.386. The van der Waals surface area contributed by atoms with E-state index in [2.05, 4.69) is 0 Å². The van der Waals surface area contributed by atoms with Crippen molar-refractivity contribution in [3.8, 4) is 0 Å². The lowest BCUT2D eigenvalue weighted by atomic mass is 10.1. The number of ketones is 1. The lowest BCUT2D eigenvalue weighted by Crippen LogP contribution is -2.31. The maximum atomic E-state index is 10.6. The highest BCUT2D eigenvalue weighted by molar-refractivity contribution is 6.56. The van der Waals surface area contributed by atoms with E-state index in [4.69, 9.17) is 7.85 Å². The molecule has 0 aromatic rings. The second kappa shape index (κ2) is 4.94. The molecule has 0 bridgehead atoms. The Balaban J connectivity index is 3.70. The number of hydrogen-bond acceptors (Lipinski definition) is 2. The lowest BCUT2D eigenvalue weighted by molar-refractivity contribution is -0.117. The van der Waals surface area contributed by atoms with E-state index in [1.807, 2.05) is 6.92 Å². The molecule has 11 heavy (non-hydrogen) atoms. The monoisotopic (exact) mass is 153 g/mol. The van der Waals surface area contributed by atoms with Crippen LogP contribution in [0.25, 0.3) is 0 Å². The number of hydrogen-bond donors (Lipinski definition) is 0. The first-order valence-electron chi connectivity index (χ1n) is 3.61. The Labute approximate surface area is 68.2 Å². The van der Waals surface area contributed by atoms with Gasteiger partial charge in [-0.25, -0.2) is 0 Å². The Hall–Kier alpha value is -0.795. The quantitative estimate of drug-likeness (QED) is 0.553. The van der Waals surface area contributed by atoms with Crippen molar-refractivity contribution in [3.05, 3.63) is 0 Å². The van der Waals surface area contributed by atoms with Crippen molar-refractivity contribution < 1.29 is 9.59 Å². The maximum absolute atomic E-state index is 10.6.